The minimum absolute atomic E-state index is 0.118. The molecular formula is C18H21N3O4. The number of nitro groups is 1. The number of hydrogen-bond donors (Lipinski definition) is 2. The Labute approximate surface area is 146 Å². The van der Waals surface area contributed by atoms with E-state index in [0.29, 0.717) is 5.75 Å². The third kappa shape index (κ3) is 4.69. The maximum atomic E-state index is 12.4. The molecule has 7 heteroatoms. The van der Waals surface area contributed by atoms with E-state index >= 15 is 0 Å². The van der Waals surface area contributed by atoms with Gasteiger partial charge in [0.05, 0.1) is 17.7 Å². The van der Waals surface area contributed by atoms with Crippen LogP contribution in [0.4, 0.5) is 17.1 Å². The van der Waals surface area contributed by atoms with Gasteiger partial charge in [0.15, 0.2) is 0 Å². The van der Waals surface area contributed by atoms with Crippen molar-refractivity contribution < 1.29 is 14.5 Å². The summed E-state index contributed by atoms with van der Waals surface area (Å²) in [5.74, 6) is 0.0415. The zero-order valence-corrected chi connectivity index (χ0v) is 14.4. The van der Waals surface area contributed by atoms with Crippen molar-refractivity contribution >= 4 is 23.0 Å². The minimum atomic E-state index is -0.531. The van der Waals surface area contributed by atoms with Crippen LogP contribution in [0.3, 0.4) is 0 Å². The van der Waals surface area contributed by atoms with E-state index in [1.54, 1.807) is 6.92 Å². The van der Waals surface area contributed by atoms with Crippen LogP contribution in [0, 0.1) is 10.1 Å². The Morgan fingerprint density at radius 2 is 2.04 bits per heavy atom. The summed E-state index contributed by atoms with van der Waals surface area (Å²) in [5, 5.41) is 16.7. The fourth-order valence-electron chi connectivity index (χ4n) is 2.34. The van der Waals surface area contributed by atoms with Gasteiger partial charge in [-0.2, -0.15) is 0 Å². The van der Waals surface area contributed by atoms with E-state index in [4.69, 9.17) is 4.74 Å². The second-order valence-corrected chi connectivity index (χ2v) is 5.55. The minimum Gasteiger partial charge on any atom is -0.495 e. The molecule has 0 bridgehead atoms. The SMILES string of the molecule is CCc1cccc(N[C@@H](C)C(=O)Nc2cc([N+](=O)[O-])ccc2OC)c1. The maximum absolute atomic E-state index is 12.4. The van der Waals surface area contributed by atoms with Crippen LogP contribution < -0.4 is 15.4 Å². The second-order valence-electron chi connectivity index (χ2n) is 5.55. The molecule has 132 valence electrons. The van der Waals surface area contributed by atoms with E-state index in [0.717, 1.165) is 17.7 Å². The Morgan fingerprint density at radius 1 is 1.28 bits per heavy atom. The molecule has 7 nitrogen and oxygen atoms in total. The summed E-state index contributed by atoms with van der Waals surface area (Å²) in [4.78, 5) is 22.8. The zero-order valence-electron chi connectivity index (χ0n) is 14.4. The van der Waals surface area contributed by atoms with Gasteiger partial charge in [0.2, 0.25) is 5.91 Å². The first-order chi connectivity index (χ1) is 11.9. The first kappa shape index (κ1) is 18.3. The number of carbonyl (C=O) groups excluding carboxylic acids is 1. The molecule has 0 saturated heterocycles. The van der Waals surface area contributed by atoms with Crippen molar-refractivity contribution in [3.8, 4) is 5.75 Å². The number of nitro benzene ring substituents is 1. The summed E-state index contributed by atoms with van der Waals surface area (Å²) in [5.41, 5.74) is 2.15. The van der Waals surface area contributed by atoms with E-state index in [-0.39, 0.29) is 17.3 Å². The van der Waals surface area contributed by atoms with Crippen LogP contribution in [-0.2, 0) is 11.2 Å². The number of benzene rings is 2. The van der Waals surface area contributed by atoms with E-state index in [1.165, 1.54) is 25.3 Å². The van der Waals surface area contributed by atoms with E-state index < -0.39 is 11.0 Å². The van der Waals surface area contributed by atoms with Gasteiger partial charge in [0.25, 0.3) is 5.69 Å². The fourth-order valence-corrected chi connectivity index (χ4v) is 2.34. The largest absolute Gasteiger partial charge is 0.495 e. The summed E-state index contributed by atoms with van der Waals surface area (Å²) in [6.45, 7) is 3.78. The highest BCUT2D eigenvalue weighted by atomic mass is 16.6. The van der Waals surface area contributed by atoms with Crippen molar-refractivity contribution in [1.82, 2.24) is 0 Å². The third-order valence-corrected chi connectivity index (χ3v) is 3.76. The molecule has 0 heterocycles. The standard InChI is InChI=1S/C18H21N3O4/c1-4-13-6-5-7-14(10-13)19-12(2)18(22)20-16-11-15(21(23)24)8-9-17(16)25-3/h5-12,19H,4H2,1-3H3,(H,20,22)/t12-/m0/s1. The van der Waals surface area contributed by atoms with Crippen molar-refractivity contribution in [3.05, 3.63) is 58.1 Å². The molecule has 2 rings (SSSR count). The quantitative estimate of drug-likeness (QED) is 0.592. The van der Waals surface area contributed by atoms with Gasteiger partial charge in [0, 0.05) is 17.8 Å². The van der Waals surface area contributed by atoms with Crippen molar-refractivity contribution in [1.29, 1.82) is 0 Å². The lowest BCUT2D eigenvalue weighted by Gasteiger charge is -2.17. The maximum Gasteiger partial charge on any atom is 0.271 e. The van der Waals surface area contributed by atoms with Gasteiger partial charge >= 0.3 is 0 Å². The molecule has 0 aliphatic rings. The monoisotopic (exact) mass is 343 g/mol. The Hall–Kier alpha value is -3.09. The first-order valence-corrected chi connectivity index (χ1v) is 7.93. The van der Waals surface area contributed by atoms with Crippen LogP contribution in [0.1, 0.15) is 19.4 Å². The summed E-state index contributed by atoms with van der Waals surface area (Å²) < 4.78 is 5.15. The molecule has 0 aliphatic heterocycles. The number of nitrogens with one attached hydrogen (secondary N) is 2. The van der Waals surface area contributed by atoms with Crippen LogP contribution >= 0.6 is 0 Å². The Morgan fingerprint density at radius 3 is 2.68 bits per heavy atom. The molecule has 0 spiro atoms. The van der Waals surface area contributed by atoms with Gasteiger partial charge in [-0.15, -0.1) is 0 Å². The molecule has 0 radical (unpaired) electrons. The van der Waals surface area contributed by atoms with Crippen molar-refractivity contribution in [2.75, 3.05) is 17.7 Å². The highest BCUT2D eigenvalue weighted by Gasteiger charge is 2.17. The van der Waals surface area contributed by atoms with Gasteiger partial charge in [-0.3, -0.25) is 14.9 Å². The van der Waals surface area contributed by atoms with E-state index in [1.807, 2.05) is 24.3 Å². The van der Waals surface area contributed by atoms with Gasteiger partial charge < -0.3 is 15.4 Å². The summed E-state index contributed by atoms with van der Waals surface area (Å²) in [6.07, 6.45) is 0.904. The van der Waals surface area contributed by atoms with Crippen LogP contribution in [0.25, 0.3) is 0 Å². The summed E-state index contributed by atoms with van der Waals surface area (Å²) in [6, 6.07) is 11.3. The molecule has 0 saturated carbocycles. The predicted octanol–water partition coefficient (Wildman–Crippen LogP) is 3.60. The Balaban J connectivity index is 2.12. The number of aryl methyl sites for hydroxylation is 1. The number of hydrogen-bond acceptors (Lipinski definition) is 5. The van der Waals surface area contributed by atoms with Crippen LogP contribution in [0.5, 0.6) is 5.75 Å². The number of ether oxygens (including phenoxy) is 1. The highest BCUT2D eigenvalue weighted by molar-refractivity contribution is 5.97. The molecule has 1 amide bonds. The average molecular weight is 343 g/mol. The van der Waals surface area contributed by atoms with Crippen LogP contribution in [-0.4, -0.2) is 24.0 Å². The van der Waals surface area contributed by atoms with Gasteiger partial charge in [-0.05, 0) is 37.1 Å². The molecule has 0 unspecified atom stereocenters. The molecule has 0 aromatic heterocycles. The van der Waals surface area contributed by atoms with E-state index in [2.05, 4.69) is 17.6 Å². The van der Waals surface area contributed by atoms with Gasteiger partial charge in [-0.1, -0.05) is 19.1 Å². The lowest BCUT2D eigenvalue weighted by Crippen LogP contribution is -2.32. The van der Waals surface area contributed by atoms with Crippen LogP contribution in [0.15, 0.2) is 42.5 Å². The Bertz CT molecular complexity index is 777. The number of methoxy groups -OCH3 is 1. The lowest BCUT2D eigenvalue weighted by molar-refractivity contribution is -0.384. The highest BCUT2D eigenvalue weighted by Crippen LogP contribution is 2.29. The van der Waals surface area contributed by atoms with Crippen molar-refractivity contribution in [2.24, 2.45) is 0 Å². The number of non-ortho nitro benzene ring substituents is 1. The number of amides is 1. The number of carbonyl (C=O) groups is 1. The molecule has 2 aromatic carbocycles. The molecule has 2 aromatic rings. The van der Waals surface area contributed by atoms with Gasteiger partial charge in [0.1, 0.15) is 11.8 Å². The van der Waals surface area contributed by atoms with Crippen LogP contribution in [0.2, 0.25) is 0 Å². The molecule has 2 N–H and O–H groups in total. The molecule has 0 aliphatic carbocycles. The number of rotatable bonds is 7. The molecule has 1 atom stereocenters. The first-order valence-electron chi connectivity index (χ1n) is 7.93. The normalized spacial score (nSPS) is 11.5. The predicted molar refractivity (Wildman–Crippen MR) is 97.2 cm³/mol. The average Bonchev–Trinajstić information content (AvgIpc) is 2.61. The summed E-state index contributed by atoms with van der Waals surface area (Å²) >= 11 is 0. The number of nitrogens with zero attached hydrogens (tertiary/aromatic N) is 1. The lowest BCUT2D eigenvalue weighted by atomic mass is 10.1. The van der Waals surface area contributed by atoms with Crippen molar-refractivity contribution in [2.45, 2.75) is 26.3 Å². The summed E-state index contributed by atoms with van der Waals surface area (Å²) in [7, 11) is 1.44. The third-order valence-electron chi connectivity index (χ3n) is 3.76. The topological polar surface area (TPSA) is 93.5 Å². The van der Waals surface area contributed by atoms with E-state index in [9.17, 15) is 14.9 Å². The van der Waals surface area contributed by atoms with Crippen molar-refractivity contribution in [3.63, 3.8) is 0 Å². The van der Waals surface area contributed by atoms with Gasteiger partial charge in [-0.25, -0.2) is 0 Å². The zero-order chi connectivity index (χ0) is 18.4. The molecular weight excluding hydrogens is 322 g/mol. The Kier molecular flexibility index (Phi) is 5.94. The smallest absolute Gasteiger partial charge is 0.271 e. The molecule has 0 fully saturated rings. The number of anilines is 2. The second kappa shape index (κ2) is 8.14. The fraction of sp³-hybridized carbons (Fsp3) is 0.278. The molecule has 25 heavy (non-hydrogen) atoms.